The number of carboxylic acid groups (broad SMARTS) is 1. The molecule has 0 bridgehead atoms. The average Bonchev–Trinajstić information content (AvgIpc) is 2.56. The molecule has 1 amide bonds. The van der Waals surface area contributed by atoms with E-state index in [9.17, 15) is 19.3 Å². The van der Waals surface area contributed by atoms with Crippen LogP contribution in [0.25, 0.3) is 0 Å². The summed E-state index contributed by atoms with van der Waals surface area (Å²) < 4.78 is 11.1. The lowest BCUT2D eigenvalue weighted by Crippen LogP contribution is -2.50. The van der Waals surface area contributed by atoms with Gasteiger partial charge in [0.1, 0.15) is 6.04 Å². The molecule has 0 aliphatic heterocycles. The van der Waals surface area contributed by atoms with Crippen molar-refractivity contribution in [3.8, 4) is 11.8 Å². The largest absolute Gasteiger partial charge is 0.480 e. The van der Waals surface area contributed by atoms with Crippen LogP contribution in [-0.4, -0.2) is 45.1 Å². The van der Waals surface area contributed by atoms with E-state index in [4.69, 9.17) is 9.79 Å². The van der Waals surface area contributed by atoms with Crippen LogP contribution in [0.3, 0.4) is 0 Å². The molecule has 0 spiro atoms. The second-order valence-corrected chi connectivity index (χ2v) is 8.13. The fourth-order valence-electron chi connectivity index (χ4n) is 2.23. The third-order valence-corrected chi connectivity index (χ3v) is 4.09. The van der Waals surface area contributed by atoms with Crippen LogP contribution in [0.5, 0.6) is 0 Å². The Labute approximate surface area is 158 Å². The highest BCUT2D eigenvalue weighted by atomic mass is 31.2. The van der Waals surface area contributed by atoms with Gasteiger partial charge in [-0.3, -0.25) is 14.7 Å². The molecular weight excluding hydrogens is 371 g/mol. The molecule has 0 saturated heterocycles. The third-order valence-electron chi connectivity index (χ3n) is 3.49. The first-order valence-corrected chi connectivity index (χ1v) is 10.2. The van der Waals surface area contributed by atoms with Crippen LogP contribution in [0.2, 0.25) is 0 Å². The molecule has 0 saturated carbocycles. The van der Waals surface area contributed by atoms with Gasteiger partial charge in [0, 0.05) is 12.0 Å². The predicted molar refractivity (Wildman–Crippen MR) is 101 cm³/mol. The number of amides is 1. The Balaban J connectivity index is 2.85. The number of rotatable bonds is 9. The Hall–Kier alpha value is -2.17. The van der Waals surface area contributed by atoms with Crippen LogP contribution in [0.4, 0.5) is 0 Å². The summed E-state index contributed by atoms with van der Waals surface area (Å²) in [6, 6.07) is 6.89. The van der Waals surface area contributed by atoms with E-state index in [-0.39, 0.29) is 18.8 Å². The van der Waals surface area contributed by atoms with E-state index in [1.54, 1.807) is 12.1 Å². The van der Waals surface area contributed by atoms with Gasteiger partial charge in [-0.1, -0.05) is 43.9 Å². The van der Waals surface area contributed by atoms with E-state index in [2.05, 4.69) is 22.5 Å². The van der Waals surface area contributed by atoms with Gasteiger partial charge in [-0.15, -0.1) is 0 Å². The molecule has 0 heterocycles. The van der Waals surface area contributed by atoms with E-state index in [0.29, 0.717) is 0 Å². The molecule has 8 nitrogen and oxygen atoms in total. The lowest BCUT2D eigenvalue weighted by atomic mass is 10.0. The molecule has 148 valence electrons. The summed E-state index contributed by atoms with van der Waals surface area (Å²) in [6.45, 7) is 3.66. The van der Waals surface area contributed by atoms with Gasteiger partial charge in [0.05, 0.1) is 12.3 Å². The van der Waals surface area contributed by atoms with Crippen molar-refractivity contribution in [3.63, 3.8) is 0 Å². The second-order valence-electron chi connectivity index (χ2n) is 6.48. The zero-order chi connectivity index (χ0) is 20.4. The van der Waals surface area contributed by atoms with Gasteiger partial charge in [-0.25, -0.2) is 4.79 Å². The zero-order valence-corrected chi connectivity index (χ0v) is 16.1. The van der Waals surface area contributed by atoms with Crippen molar-refractivity contribution in [3.05, 3.63) is 35.9 Å². The highest BCUT2D eigenvalue weighted by Gasteiger charge is 2.27. The maximum Gasteiger partial charge on any atom is 0.339 e. The number of aliphatic carboxylic acids is 1. The first-order valence-electron chi connectivity index (χ1n) is 8.43. The SMILES string of the molecule is CC(C)C[C@H](NC(=O)[C@H](CC#Cc1ccccc1)NCP(=O)(O)O)C(=O)O. The summed E-state index contributed by atoms with van der Waals surface area (Å²) in [5, 5.41) is 14.1. The maximum atomic E-state index is 12.4. The van der Waals surface area contributed by atoms with Crippen LogP contribution in [0.1, 0.15) is 32.3 Å². The molecule has 0 aliphatic rings. The third kappa shape index (κ3) is 9.92. The predicted octanol–water partition coefficient (Wildman–Crippen LogP) is 1.14. The van der Waals surface area contributed by atoms with Gasteiger partial charge in [-0.05, 0) is 24.5 Å². The number of carbonyl (C=O) groups is 2. The van der Waals surface area contributed by atoms with Crippen molar-refractivity contribution < 1.29 is 29.0 Å². The summed E-state index contributed by atoms with van der Waals surface area (Å²) in [6.07, 6.45) is -0.503. The Morgan fingerprint density at radius 3 is 2.30 bits per heavy atom. The van der Waals surface area contributed by atoms with Crippen molar-refractivity contribution >= 4 is 19.5 Å². The molecule has 0 radical (unpaired) electrons. The van der Waals surface area contributed by atoms with Gasteiger partial charge < -0.3 is 20.2 Å². The first-order chi connectivity index (χ1) is 12.6. The molecule has 0 aliphatic carbocycles. The van der Waals surface area contributed by atoms with Gasteiger partial charge in [0.25, 0.3) is 0 Å². The molecule has 0 unspecified atom stereocenters. The molecule has 2 atom stereocenters. The van der Waals surface area contributed by atoms with Gasteiger partial charge in [-0.2, -0.15) is 0 Å². The van der Waals surface area contributed by atoms with Crippen molar-refractivity contribution in [1.82, 2.24) is 10.6 Å². The van der Waals surface area contributed by atoms with Crippen LogP contribution in [-0.2, 0) is 14.2 Å². The van der Waals surface area contributed by atoms with Crippen molar-refractivity contribution in [2.24, 2.45) is 5.92 Å². The highest BCUT2D eigenvalue weighted by molar-refractivity contribution is 7.51. The summed E-state index contributed by atoms with van der Waals surface area (Å²) in [7, 11) is -4.38. The summed E-state index contributed by atoms with van der Waals surface area (Å²) in [5.74, 6) is 3.86. The quantitative estimate of drug-likeness (QED) is 0.312. The first kappa shape index (κ1) is 22.9. The monoisotopic (exact) mass is 396 g/mol. The number of hydrogen-bond donors (Lipinski definition) is 5. The number of nitrogens with one attached hydrogen (secondary N) is 2. The van der Waals surface area contributed by atoms with Crippen LogP contribution in [0, 0.1) is 17.8 Å². The number of hydrogen-bond acceptors (Lipinski definition) is 4. The lowest BCUT2D eigenvalue weighted by Gasteiger charge is -2.21. The Morgan fingerprint density at radius 1 is 1.15 bits per heavy atom. The molecule has 5 N–H and O–H groups in total. The van der Waals surface area contributed by atoms with Gasteiger partial charge in [0.2, 0.25) is 5.91 Å². The Bertz CT molecular complexity index is 735. The van der Waals surface area contributed by atoms with Crippen molar-refractivity contribution in [2.45, 2.75) is 38.8 Å². The Kier molecular flexibility index (Phi) is 9.19. The smallest absolute Gasteiger partial charge is 0.339 e. The maximum absolute atomic E-state index is 12.4. The van der Waals surface area contributed by atoms with Gasteiger partial charge in [0.15, 0.2) is 0 Å². The molecule has 1 aromatic rings. The van der Waals surface area contributed by atoms with Gasteiger partial charge >= 0.3 is 13.6 Å². The van der Waals surface area contributed by atoms with E-state index >= 15 is 0 Å². The van der Waals surface area contributed by atoms with E-state index in [0.717, 1.165) is 5.56 Å². The Morgan fingerprint density at radius 2 is 1.78 bits per heavy atom. The fourth-order valence-corrected chi connectivity index (χ4v) is 2.69. The highest BCUT2D eigenvalue weighted by Crippen LogP contribution is 2.32. The minimum Gasteiger partial charge on any atom is -0.480 e. The van der Waals surface area contributed by atoms with Crippen molar-refractivity contribution in [2.75, 3.05) is 6.29 Å². The molecule has 1 rings (SSSR count). The lowest BCUT2D eigenvalue weighted by molar-refractivity contribution is -0.142. The number of benzene rings is 1. The van der Waals surface area contributed by atoms with E-state index < -0.39 is 37.8 Å². The zero-order valence-electron chi connectivity index (χ0n) is 15.3. The normalized spacial score (nSPS) is 13.4. The molecule has 27 heavy (non-hydrogen) atoms. The van der Waals surface area contributed by atoms with Crippen LogP contribution < -0.4 is 10.6 Å². The topological polar surface area (TPSA) is 136 Å². The molecule has 0 aromatic heterocycles. The van der Waals surface area contributed by atoms with Crippen LogP contribution >= 0.6 is 7.60 Å². The molecular formula is C18H25N2O6P. The minimum absolute atomic E-state index is 0.0330. The van der Waals surface area contributed by atoms with Crippen LogP contribution in [0.15, 0.2) is 30.3 Å². The summed E-state index contributed by atoms with van der Waals surface area (Å²) in [4.78, 5) is 41.8. The van der Waals surface area contributed by atoms with Crippen molar-refractivity contribution in [1.29, 1.82) is 0 Å². The second kappa shape index (κ2) is 10.9. The molecule has 1 aromatic carbocycles. The van der Waals surface area contributed by atoms with E-state index in [1.807, 2.05) is 32.0 Å². The standard InChI is InChI=1S/C18H25N2O6P/c1-13(2)11-16(18(22)23)20-17(21)15(19-12-27(24,25)26)10-6-9-14-7-4-3-5-8-14/h3-5,7-8,13,15-16,19H,10-12H2,1-2H3,(H,20,21)(H,22,23)(H2,24,25,26)/t15-,16-/m0/s1. The molecule has 9 heteroatoms. The number of carboxylic acids is 1. The van der Waals surface area contributed by atoms with E-state index in [1.165, 1.54) is 0 Å². The summed E-state index contributed by atoms with van der Waals surface area (Å²) in [5.41, 5.74) is 0.731. The number of carbonyl (C=O) groups excluding carboxylic acids is 1. The summed E-state index contributed by atoms with van der Waals surface area (Å²) >= 11 is 0. The minimum atomic E-state index is -4.38. The molecule has 0 fully saturated rings. The fraction of sp³-hybridized carbons (Fsp3) is 0.444. The average molecular weight is 396 g/mol.